The highest BCUT2D eigenvalue weighted by Gasteiger charge is 2.13. The normalized spacial score (nSPS) is 11.6. The number of pyridine rings is 1. The Morgan fingerprint density at radius 2 is 1.96 bits per heavy atom. The first kappa shape index (κ1) is 17.7. The molecule has 1 aromatic carbocycles. The van der Waals surface area contributed by atoms with Crippen molar-refractivity contribution in [2.45, 2.75) is 24.7 Å². The van der Waals surface area contributed by atoms with Crippen LogP contribution in [0.2, 0.25) is 0 Å². The highest BCUT2D eigenvalue weighted by atomic mass is 32.2. The molecule has 3 aromatic rings. The number of thiazole rings is 1. The molecule has 0 bridgehead atoms. The number of sulfonamides is 1. The van der Waals surface area contributed by atoms with Gasteiger partial charge in [0.15, 0.2) is 0 Å². The van der Waals surface area contributed by atoms with Gasteiger partial charge in [0.2, 0.25) is 10.0 Å². The van der Waals surface area contributed by atoms with Crippen molar-refractivity contribution in [3.8, 4) is 10.6 Å². The van der Waals surface area contributed by atoms with Crippen LogP contribution in [-0.2, 0) is 22.9 Å². The standard InChI is InChI=1S/C18H19N3O2S2/c1-2-14-5-7-17(8-6-14)25(22,23)20-11-9-16-13-24-18(21-16)15-4-3-10-19-12-15/h3-8,10,12-13,20H,2,9,11H2,1H3. The Hall–Kier alpha value is -2.09. The van der Waals surface area contributed by atoms with E-state index in [9.17, 15) is 8.42 Å². The molecule has 0 spiro atoms. The van der Waals surface area contributed by atoms with Crippen molar-refractivity contribution in [3.63, 3.8) is 0 Å². The number of nitrogens with zero attached hydrogens (tertiary/aromatic N) is 2. The SMILES string of the molecule is CCc1ccc(S(=O)(=O)NCCc2csc(-c3cccnc3)n2)cc1. The van der Waals surface area contributed by atoms with Crippen LogP contribution < -0.4 is 4.72 Å². The smallest absolute Gasteiger partial charge is 0.240 e. The summed E-state index contributed by atoms with van der Waals surface area (Å²) in [5.74, 6) is 0. The molecule has 0 fully saturated rings. The van der Waals surface area contributed by atoms with Crippen LogP contribution in [0.15, 0.2) is 59.1 Å². The second-order valence-electron chi connectivity index (χ2n) is 5.53. The van der Waals surface area contributed by atoms with Gasteiger partial charge in [-0.1, -0.05) is 19.1 Å². The predicted molar refractivity (Wildman–Crippen MR) is 100 cm³/mol. The van der Waals surface area contributed by atoms with Gasteiger partial charge in [-0.25, -0.2) is 18.1 Å². The molecule has 25 heavy (non-hydrogen) atoms. The fourth-order valence-electron chi connectivity index (χ4n) is 2.34. The van der Waals surface area contributed by atoms with E-state index < -0.39 is 10.0 Å². The van der Waals surface area contributed by atoms with Crippen molar-refractivity contribution in [3.05, 3.63) is 65.4 Å². The molecule has 0 saturated heterocycles. The van der Waals surface area contributed by atoms with E-state index in [0.717, 1.165) is 28.2 Å². The highest BCUT2D eigenvalue weighted by Crippen LogP contribution is 2.22. The summed E-state index contributed by atoms with van der Waals surface area (Å²) in [5.41, 5.74) is 2.95. The van der Waals surface area contributed by atoms with Gasteiger partial charge in [-0.05, 0) is 36.2 Å². The van der Waals surface area contributed by atoms with Crippen molar-refractivity contribution in [2.24, 2.45) is 0 Å². The minimum absolute atomic E-state index is 0.291. The summed E-state index contributed by atoms with van der Waals surface area (Å²) < 4.78 is 27.3. The van der Waals surface area contributed by atoms with Crippen LogP contribution in [0, 0.1) is 0 Å². The van der Waals surface area contributed by atoms with Gasteiger partial charge in [0.05, 0.1) is 10.6 Å². The molecule has 2 aromatic heterocycles. The van der Waals surface area contributed by atoms with Crippen molar-refractivity contribution in [1.29, 1.82) is 0 Å². The first-order valence-electron chi connectivity index (χ1n) is 8.02. The number of hydrogen-bond donors (Lipinski definition) is 1. The zero-order chi connectivity index (χ0) is 17.7. The molecule has 0 unspecified atom stereocenters. The molecule has 1 N–H and O–H groups in total. The largest absolute Gasteiger partial charge is 0.264 e. The Morgan fingerprint density at radius 1 is 1.16 bits per heavy atom. The lowest BCUT2D eigenvalue weighted by molar-refractivity contribution is 0.581. The molecule has 3 rings (SSSR count). The quantitative estimate of drug-likeness (QED) is 0.690. The maximum atomic E-state index is 12.3. The van der Waals surface area contributed by atoms with Crippen LogP contribution in [0.3, 0.4) is 0 Å². The van der Waals surface area contributed by atoms with Gasteiger partial charge in [0.25, 0.3) is 0 Å². The maximum Gasteiger partial charge on any atom is 0.240 e. The third kappa shape index (κ3) is 4.50. The molecule has 0 saturated carbocycles. The summed E-state index contributed by atoms with van der Waals surface area (Å²) in [5, 5.41) is 2.84. The third-order valence-electron chi connectivity index (χ3n) is 3.78. The van der Waals surface area contributed by atoms with E-state index in [4.69, 9.17) is 0 Å². The average Bonchev–Trinajstić information content (AvgIpc) is 3.11. The van der Waals surface area contributed by atoms with Crippen LogP contribution in [0.5, 0.6) is 0 Å². The van der Waals surface area contributed by atoms with E-state index in [1.807, 2.05) is 36.6 Å². The first-order chi connectivity index (χ1) is 12.1. The minimum atomic E-state index is -3.49. The second kappa shape index (κ2) is 7.86. The van der Waals surface area contributed by atoms with Crippen LogP contribution in [-0.4, -0.2) is 24.9 Å². The lowest BCUT2D eigenvalue weighted by Crippen LogP contribution is -2.26. The molecule has 5 nitrogen and oxygen atoms in total. The van der Waals surface area contributed by atoms with Gasteiger partial charge in [-0.3, -0.25) is 4.98 Å². The van der Waals surface area contributed by atoms with E-state index in [0.29, 0.717) is 17.9 Å². The summed E-state index contributed by atoms with van der Waals surface area (Å²) in [4.78, 5) is 8.92. The van der Waals surface area contributed by atoms with E-state index in [1.54, 1.807) is 24.5 Å². The Kier molecular flexibility index (Phi) is 5.57. The van der Waals surface area contributed by atoms with Crippen LogP contribution in [0.25, 0.3) is 10.6 Å². The lowest BCUT2D eigenvalue weighted by Gasteiger charge is -2.06. The number of rotatable bonds is 7. The Morgan fingerprint density at radius 3 is 2.64 bits per heavy atom. The molecule has 130 valence electrons. The van der Waals surface area contributed by atoms with Crippen LogP contribution in [0.4, 0.5) is 0 Å². The van der Waals surface area contributed by atoms with Gasteiger partial charge in [0, 0.05) is 36.3 Å². The maximum absolute atomic E-state index is 12.3. The summed E-state index contributed by atoms with van der Waals surface area (Å²) in [7, 11) is -3.49. The van der Waals surface area contributed by atoms with Gasteiger partial charge >= 0.3 is 0 Å². The fraction of sp³-hybridized carbons (Fsp3) is 0.222. The summed E-state index contributed by atoms with van der Waals surface area (Å²) >= 11 is 1.53. The van der Waals surface area contributed by atoms with Gasteiger partial charge in [-0.2, -0.15) is 0 Å². The van der Waals surface area contributed by atoms with Gasteiger partial charge < -0.3 is 0 Å². The zero-order valence-corrected chi connectivity index (χ0v) is 15.5. The zero-order valence-electron chi connectivity index (χ0n) is 13.8. The molecule has 0 aliphatic carbocycles. The molecule has 2 heterocycles. The minimum Gasteiger partial charge on any atom is -0.264 e. The first-order valence-corrected chi connectivity index (χ1v) is 10.4. The van der Waals surface area contributed by atoms with Crippen molar-refractivity contribution in [2.75, 3.05) is 6.54 Å². The van der Waals surface area contributed by atoms with Crippen molar-refractivity contribution >= 4 is 21.4 Å². The Balaban J connectivity index is 1.59. The number of nitrogens with one attached hydrogen (secondary N) is 1. The molecule has 0 amide bonds. The van der Waals surface area contributed by atoms with E-state index in [-0.39, 0.29) is 0 Å². The Bertz CT molecular complexity index is 920. The molecular weight excluding hydrogens is 354 g/mol. The van der Waals surface area contributed by atoms with E-state index in [2.05, 4.69) is 14.7 Å². The summed E-state index contributed by atoms with van der Waals surface area (Å²) in [6.45, 7) is 2.35. The molecule has 0 aliphatic rings. The fourth-order valence-corrected chi connectivity index (χ4v) is 4.22. The monoisotopic (exact) mass is 373 g/mol. The number of benzene rings is 1. The molecule has 0 aliphatic heterocycles. The molecule has 7 heteroatoms. The molecule has 0 radical (unpaired) electrons. The van der Waals surface area contributed by atoms with E-state index >= 15 is 0 Å². The topological polar surface area (TPSA) is 72.0 Å². The van der Waals surface area contributed by atoms with Crippen LogP contribution in [0.1, 0.15) is 18.2 Å². The number of aromatic nitrogens is 2. The summed E-state index contributed by atoms with van der Waals surface area (Å²) in [6.07, 6.45) is 4.92. The van der Waals surface area contributed by atoms with Crippen molar-refractivity contribution < 1.29 is 8.42 Å². The van der Waals surface area contributed by atoms with Crippen LogP contribution >= 0.6 is 11.3 Å². The predicted octanol–water partition coefficient (Wildman–Crippen LogP) is 3.29. The second-order valence-corrected chi connectivity index (χ2v) is 8.16. The van der Waals surface area contributed by atoms with Gasteiger partial charge in [0.1, 0.15) is 5.01 Å². The number of hydrogen-bond acceptors (Lipinski definition) is 5. The van der Waals surface area contributed by atoms with Gasteiger partial charge in [-0.15, -0.1) is 11.3 Å². The molecule has 0 atom stereocenters. The average molecular weight is 374 g/mol. The summed E-state index contributed by atoms with van der Waals surface area (Å²) in [6, 6.07) is 10.8. The Labute approximate surface area is 151 Å². The lowest BCUT2D eigenvalue weighted by atomic mass is 10.2. The highest BCUT2D eigenvalue weighted by molar-refractivity contribution is 7.89. The number of aryl methyl sites for hydroxylation is 1. The van der Waals surface area contributed by atoms with E-state index in [1.165, 1.54) is 11.3 Å². The third-order valence-corrected chi connectivity index (χ3v) is 6.19. The van der Waals surface area contributed by atoms with Crippen molar-refractivity contribution in [1.82, 2.24) is 14.7 Å². The molecular formula is C18H19N3O2S2.